The molecule has 0 aliphatic heterocycles. The molecule has 15 heavy (non-hydrogen) atoms. The van der Waals surface area contributed by atoms with Crippen LogP contribution in [-0.4, -0.2) is 9.33 Å². The first-order chi connectivity index (χ1) is 6.97. The molecular formula is C12H16INO. The van der Waals surface area contributed by atoms with Gasteiger partial charge >= 0.3 is 0 Å². The second-order valence-corrected chi connectivity index (χ2v) is 6.20. The molecule has 1 rings (SSSR count). The summed E-state index contributed by atoms with van der Waals surface area (Å²) in [6, 6.07) is 7.81. The van der Waals surface area contributed by atoms with E-state index in [0.29, 0.717) is 0 Å². The fraction of sp³-hybridized carbons (Fsp3) is 0.417. The van der Waals surface area contributed by atoms with Crippen LogP contribution in [0.1, 0.15) is 25.8 Å². The molecule has 0 aliphatic carbocycles. The first kappa shape index (κ1) is 12.5. The standard InChI is InChI=1S/C12H16INO/c1-4-12(3,13)11(15)14-10-8-6-5-7-9(10)2/h5-8H,4H2,1-3H3,(H,14,15). The molecule has 0 fully saturated rings. The largest absolute Gasteiger partial charge is 0.325 e. The zero-order valence-corrected chi connectivity index (χ0v) is 11.5. The average molecular weight is 317 g/mol. The Morgan fingerprint density at radius 3 is 2.60 bits per heavy atom. The first-order valence-corrected chi connectivity index (χ1v) is 6.11. The fourth-order valence-corrected chi connectivity index (χ4v) is 1.26. The van der Waals surface area contributed by atoms with Crippen LogP contribution < -0.4 is 5.32 Å². The topological polar surface area (TPSA) is 29.1 Å². The number of rotatable bonds is 3. The molecule has 0 saturated heterocycles. The molecule has 82 valence electrons. The normalized spacial score (nSPS) is 14.4. The molecule has 0 saturated carbocycles. The molecule has 0 spiro atoms. The Morgan fingerprint density at radius 2 is 2.07 bits per heavy atom. The van der Waals surface area contributed by atoms with Crippen LogP contribution in [0.5, 0.6) is 0 Å². The summed E-state index contributed by atoms with van der Waals surface area (Å²) < 4.78 is -0.333. The van der Waals surface area contributed by atoms with Gasteiger partial charge in [0.15, 0.2) is 0 Å². The van der Waals surface area contributed by atoms with Gasteiger partial charge in [-0.2, -0.15) is 0 Å². The zero-order chi connectivity index (χ0) is 11.5. The monoisotopic (exact) mass is 317 g/mol. The zero-order valence-electron chi connectivity index (χ0n) is 9.30. The van der Waals surface area contributed by atoms with E-state index in [9.17, 15) is 4.79 Å². The van der Waals surface area contributed by atoms with E-state index in [1.807, 2.05) is 45.0 Å². The maximum Gasteiger partial charge on any atom is 0.240 e. The number of benzene rings is 1. The number of alkyl halides is 1. The van der Waals surface area contributed by atoms with Crippen molar-refractivity contribution in [3.63, 3.8) is 0 Å². The molecule has 1 unspecified atom stereocenters. The molecule has 0 radical (unpaired) electrons. The Bertz CT molecular complexity index is 360. The number of nitrogens with one attached hydrogen (secondary N) is 1. The number of hydrogen-bond acceptors (Lipinski definition) is 1. The number of halogens is 1. The van der Waals surface area contributed by atoms with Gasteiger partial charge in [0, 0.05) is 5.69 Å². The Hall–Kier alpha value is -0.580. The van der Waals surface area contributed by atoms with Gasteiger partial charge < -0.3 is 5.32 Å². The van der Waals surface area contributed by atoms with Crippen molar-refractivity contribution in [3.05, 3.63) is 29.8 Å². The Balaban J connectivity index is 2.80. The van der Waals surface area contributed by atoms with E-state index in [2.05, 4.69) is 27.9 Å². The third-order valence-electron chi connectivity index (χ3n) is 2.53. The summed E-state index contributed by atoms with van der Waals surface area (Å²) in [5, 5.41) is 2.95. The Kier molecular flexibility index (Phi) is 4.13. The molecule has 0 bridgehead atoms. The number of hydrogen-bond donors (Lipinski definition) is 1. The van der Waals surface area contributed by atoms with Crippen LogP contribution in [0.3, 0.4) is 0 Å². The van der Waals surface area contributed by atoms with Crippen LogP contribution >= 0.6 is 22.6 Å². The summed E-state index contributed by atoms with van der Waals surface area (Å²) >= 11 is 2.19. The van der Waals surface area contributed by atoms with Gasteiger partial charge in [0.1, 0.15) is 0 Å². The van der Waals surface area contributed by atoms with Crippen molar-refractivity contribution in [2.75, 3.05) is 5.32 Å². The van der Waals surface area contributed by atoms with Crippen LogP contribution in [0.2, 0.25) is 0 Å². The van der Waals surface area contributed by atoms with Gasteiger partial charge in [-0.25, -0.2) is 0 Å². The van der Waals surface area contributed by atoms with Gasteiger partial charge in [0.2, 0.25) is 5.91 Å². The summed E-state index contributed by atoms with van der Waals surface area (Å²) in [5.41, 5.74) is 1.99. The molecule has 1 aromatic carbocycles. The van der Waals surface area contributed by atoms with Gasteiger partial charge in [0.05, 0.1) is 3.42 Å². The van der Waals surface area contributed by atoms with Crippen molar-refractivity contribution < 1.29 is 4.79 Å². The van der Waals surface area contributed by atoms with Crippen LogP contribution in [-0.2, 0) is 4.79 Å². The van der Waals surface area contributed by atoms with Gasteiger partial charge in [-0.15, -0.1) is 0 Å². The van der Waals surface area contributed by atoms with Crippen molar-refractivity contribution in [2.24, 2.45) is 0 Å². The molecule has 0 aromatic heterocycles. The van der Waals surface area contributed by atoms with E-state index in [-0.39, 0.29) is 9.33 Å². The van der Waals surface area contributed by atoms with E-state index < -0.39 is 0 Å². The highest BCUT2D eigenvalue weighted by atomic mass is 127. The van der Waals surface area contributed by atoms with Crippen LogP contribution in [0, 0.1) is 6.92 Å². The predicted octanol–water partition coefficient (Wildman–Crippen LogP) is 3.54. The molecule has 0 heterocycles. The lowest BCUT2D eigenvalue weighted by molar-refractivity contribution is -0.117. The van der Waals surface area contributed by atoms with Crippen molar-refractivity contribution >= 4 is 34.2 Å². The highest BCUT2D eigenvalue weighted by molar-refractivity contribution is 14.1. The van der Waals surface area contributed by atoms with Crippen LogP contribution in [0.15, 0.2) is 24.3 Å². The number of aryl methyl sites for hydroxylation is 1. The smallest absolute Gasteiger partial charge is 0.240 e. The summed E-state index contributed by atoms with van der Waals surface area (Å²) in [7, 11) is 0. The summed E-state index contributed by atoms with van der Waals surface area (Å²) in [5.74, 6) is 0.0694. The predicted molar refractivity (Wildman–Crippen MR) is 72.5 cm³/mol. The molecule has 2 nitrogen and oxygen atoms in total. The number of anilines is 1. The Morgan fingerprint density at radius 1 is 1.47 bits per heavy atom. The minimum atomic E-state index is -0.333. The Labute approximate surface area is 105 Å². The van der Waals surface area contributed by atoms with Crippen molar-refractivity contribution in [3.8, 4) is 0 Å². The molecule has 1 N–H and O–H groups in total. The lowest BCUT2D eigenvalue weighted by Gasteiger charge is -2.20. The molecule has 0 aliphatic rings. The molecular weight excluding hydrogens is 301 g/mol. The van der Waals surface area contributed by atoms with Crippen molar-refractivity contribution in [2.45, 2.75) is 30.6 Å². The minimum Gasteiger partial charge on any atom is -0.325 e. The SMILES string of the molecule is CCC(C)(I)C(=O)Nc1ccccc1C. The van der Waals surface area contributed by atoms with Gasteiger partial charge in [-0.3, -0.25) is 4.79 Å². The van der Waals surface area contributed by atoms with Gasteiger partial charge in [-0.1, -0.05) is 47.7 Å². The van der Waals surface area contributed by atoms with E-state index in [1.165, 1.54) is 0 Å². The number of amides is 1. The van der Waals surface area contributed by atoms with E-state index >= 15 is 0 Å². The highest BCUT2D eigenvalue weighted by Gasteiger charge is 2.27. The number of carbonyl (C=O) groups excluding carboxylic acids is 1. The summed E-state index contributed by atoms with van der Waals surface area (Å²) in [6.07, 6.45) is 0.825. The van der Waals surface area contributed by atoms with Gasteiger partial charge in [0.25, 0.3) is 0 Å². The fourth-order valence-electron chi connectivity index (χ4n) is 1.13. The summed E-state index contributed by atoms with van der Waals surface area (Å²) in [4.78, 5) is 11.9. The minimum absolute atomic E-state index is 0.0694. The van der Waals surface area contributed by atoms with E-state index in [0.717, 1.165) is 17.7 Å². The molecule has 3 heteroatoms. The van der Waals surface area contributed by atoms with Crippen molar-refractivity contribution in [1.29, 1.82) is 0 Å². The van der Waals surface area contributed by atoms with Crippen LogP contribution in [0.25, 0.3) is 0 Å². The quantitative estimate of drug-likeness (QED) is 0.670. The maximum atomic E-state index is 11.9. The van der Waals surface area contributed by atoms with Crippen LogP contribution in [0.4, 0.5) is 5.69 Å². The first-order valence-electron chi connectivity index (χ1n) is 5.03. The maximum absolute atomic E-state index is 11.9. The van der Waals surface area contributed by atoms with E-state index in [1.54, 1.807) is 0 Å². The second-order valence-electron chi connectivity index (χ2n) is 3.82. The molecule has 1 atom stereocenters. The number of carbonyl (C=O) groups is 1. The molecule has 1 amide bonds. The number of para-hydroxylation sites is 1. The average Bonchev–Trinajstić information content (AvgIpc) is 2.21. The lowest BCUT2D eigenvalue weighted by atomic mass is 10.1. The lowest BCUT2D eigenvalue weighted by Crippen LogP contribution is -2.33. The third kappa shape index (κ3) is 3.19. The summed E-state index contributed by atoms with van der Waals surface area (Å²) in [6.45, 7) is 5.96. The molecule has 1 aromatic rings. The van der Waals surface area contributed by atoms with Crippen molar-refractivity contribution in [1.82, 2.24) is 0 Å². The van der Waals surface area contributed by atoms with E-state index in [4.69, 9.17) is 0 Å². The van der Waals surface area contributed by atoms with Gasteiger partial charge in [-0.05, 0) is 31.9 Å². The highest BCUT2D eigenvalue weighted by Crippen LogP contribution is 2.25. The third-order valence-corrected chi connectivity index (χ3v) is 3.78. The second kappa shape index (κ2) is 4.96.